The number of fused-ring (bicyclic) bond motifs is 1. The van der Waals surface area contributed by atoms with E-state index >= 15 is 0 Å². The lowest BCUT2D eigenvalue weighted by molar-refractivity contribution is -0.137. The van der Waals surface area contributed by atoms with E-state index in [1.165, 1.54) is 18.4 Å². The van der Waals surface area contributed by atoms with E-state index in [1.54, 1.807) is 0 Å². The molecule has 0 saturated carbocycles. The number of hydrogen-bond acceptors (Lipinski definition) is 3. The van der Waals surface area contributed by atoms with Crippen molar-refractivity contribution in [2.45, 2.75) is 44.9 Å². The highest BCUT2D eigenvalue weighted by atomic mass is 16.5. The Balaban J connectivity index is 1.39. The van der Waals surface area contributed by atoms with Crippen LogP contribution in [-0.4, -0.2) is 24.3 Å². The van der Waals surface area contributed by atoms with Crippen LogP contribution in [-0.2, 0) is 11.2 Å². The molecule has 1 atom stereocenters. The van der Waals surface area contributed by atoms with Crippen LogP contribution in [0.2, 0.25) is 0 Å². The number of ether oxygens (including phenoxy) is 2. The van der Waals surface area contributed by atoms with Gasteiger partial charge in [0, 0.05) is 12.3 Å². The summed E-state index contributed by atoms with van der Waals surface area (Å²) < 4.78 is 11.6. The van der Waals surface area contributed by atoms with Gasteiger partial charge < -0.3 is 14.6 Å². The average molecular weight is 380 g/mol. The van der Waals surface area contributed by atoms with Gasteiger partial charge in [-0.15, -0.1) is 0 Å². The summed E-state index contributed by atoms with van der Waals surface area (Å²) in [6.45, 7) is 3.39. The summed E-state index contributed by atoms with van der Waals surface area (Å²) >= 11 is 0. The minimum Gasteiger partial charge on any atom is -0.493 e. The molecule has 28 heavy (non-hydrogen) atoms. The van der Waals surface area contributed by atoms with Crippen molar-refractivity contribution in [1.82, 2.24) is 0 Å². The van der Waals surface area contributed by atoms with Crippen molar-refractivity contribution < 1.29 is 19.4 Å². The number of unbranched alkanes of at least 4 members (excludes halogenated alkanes) is 1. The highest BCUT2D eigenvalue weighted by Gasteiger charge is 2.20. The van der Waals surface area contributed by atoms with E-state index in [4.69, 9.17) is 14.6 Å². The van der Waals surface area contributed by atoms with E-state index < -0.39 is 5.97 Å². The summed E-state index contributed by atoms with van der Waals surface area (Å²) in [4.78, 5) is 10.9. The zero-order valence-corrected chi connectivity index (χ0v) is 16.4. The fraction of sp³-hybridized carbons (Fsp3) is 0.375. The number of aliphatic carboxylic acids is 1. The molecule has 0 bridgehead atoms. The van der Waals surface area contributed by atoms with Crippen molar-refractivity contribution >= 4 is 12.0 Å². The second kappa shape index (κ2) is 9.98. The van der Waals surface area contributed by atoms with Crippen molar-refractivity contribution in [3.8, 4) is 11.5 Å². The Labute approximate surface area is 166 Å². The zero-order chi connectivity index (χ0) is 19.8. The lowest BCUT2D eigenvalue weighted by Gasteiger charge is -2.11. The molecule has 4 nitrogen and oxygen atoms in total. The first-order valence-electron chi connectivity index (χ1n) is 10.0. The Kier molecular flexibility index (Phi) is 7.12. The number of carboxylic acid groups (broad SMARTS) is 1. The van der Waals surface area contributed by atoms with Crippen LogP contribution >= 0.6 is 0 Å². The van der Waals surface area contributed by atoms with Crippen molar-refractivity contribution in [3.63, 3.8) is 0 Å². The fourth-order valence-electron chi connectivity index (χ4n) is 3.39. The monoisotopic (exact) mass is 380 g/mol. The number of carbonyl (C=O) groups is 1. The van der Waals surface area contributed by atoms with Gasteiger partial charge in [0.2, 0.25) is 0 Å². The number of benzene rings is 2. The molecular formula is C24H28O4. The van der Waals surface area contributed by atoms with E-state index in [0.29, 0.717) is 13.2 Å². The molecule has 1 aliphatic rings. The smallest absolute Gasteiger partial charge is 0.304 e. The Morgan fingerprint density at radius 2 is 1.71 bits per heavy atom. The lowest BCUT2D eigenvalue weighted by Crippen LogP contribution is -2.06. The van der Waals surface area contributed by atoms with Crippen LogP contribution in [0.25, 0.3) is 6.08 Å². The number of rotatable bonds is 11. The molecule has 3 rings (SSSR count). The topological polar surface area (TPSA) is 55.8 Å². The zero-order valence-electron chi connectivity index (χ0n) is 16.4. The molecule has 0 spiro atoms. The Morgan fingerprint density at radius 3 is 2.43 bits per heavy atom. The molecule has 0 aliphatic heterocycles. The van der Waals surface area contributed by atoms with Gasteiger partial charge in [0.1, 0.15) is 11.5 Å². The van der Waals surface area contributed by atoms with Gasteiger partial charge in [-0.2, -0.15) is 0 Å². The van der Waals surface area contributed by atoms with Crippen molar-refractivity contribution in [2.75, 3.05) is 13.2 Å². The van der Waals surface area contributed by atoms with E-state index in [2.05, 4.69) is 19.1 Å². The van der Waals surface area contributed by atoms with Crippen LogP contribution in [0.1, 0.15) is 55.2 Å². The van der Waals surface area contributed by atoms with Crippen LogP contribution in [0.5, 0.6) is 11.5 Å². The van der Waals surface area contributed by atoms with Crippen molar-refractivity contribution in [1.29, 1.82) is 0 Å². The van der Waals surface area contributed by atoms with E-state index in [-0.39, 0.29) is 12.3 Å². The van der Waals surface area contributed by atoms with Gasteiger partial charge in [-0.1, -0.05) is 43.7 Å². The second-order valence-electron chi connectivity index (χ2n) is 7.15. The van der Waals surface area contributed by atoms with Crippen molar-refractivity contribution in [2.24, 2.45) is 0 Å². The highest BCUT2D eigenvalue weighted by Crippen LogP contribution is 2.34. The van der Waals surface area contributed by atoms with E-state index in [0.717, 1.165) is 35.5 Å². The van der Waals surface area contributed by atoms with Gasteiger partial charge in [-0.3, -0.25) is 4.79 Å². The third kappa shape index (κ3) is 5.62. The summed E-state index contributed by atoms with van der Waals surface area (Å²) in [6, 6.07) is 14.2. The molecule has 1 aliphatic carbocycles. The predicted octanol–water partition coefficient (Wildman–Crippen LogP) is 5.46. The van der Waals surface area contributed by atoms with E-state index in [1.807, 2.05) is 42.5 Å². The van der Waals surface area contributed by atoms with Gasteiger partial charge in [0.25, 0.3) is 0 Å². The van der Waals surface area contributed by atoms with Gasteiger partial charge >= 0.3 is 5.97 Å². The number of allylic oxidation sites excluding steroid dienone is 1. The maximum absolute atomic E-state index is 10.9. The Bertz CT molecular complexity index is 808. The molecule has 2 aromatic carbocycles. The summed E-state index contributed by atoms with van der Waals surface area (Å²) in [6.07, 6.45) is 8.40. The molecular weight excluding hydrogens is 352 g/mol. The largest absolute Gasteiger partial charge is 0.493 e. The first kappa shape index (κ1) is 20.0. The second-order valence-corrected chi connectivity index (χ2v) is 7.15. The molecule has 0 saturated heterocycles. The first-order chi connectivity index (χ1) is 13.7. The maximum Gasteiger partial charge on any atom is 0.304 e. The predicted molar refractivity (Wildman–Crippen MR) is 111 cm³/mol. The summed E-state index contributed by atoms with van der Waals surface area (Å²) in [5.41, 5.74) is 3.46. The Morgan fingerprint density at radius 1 is 1.00 bits per heavy atom. The third-order valence-electron chi connectivity index (χ3n) is 4.93. The number of aryl methyl sites for hydroxylation is 1. The van der Waals surface area contributed by atoms with E-state index in [9.17, 15) is 4.79 Å². The molecule has 1 unspecified atom stereocenters. The van der Waals surface area contributed by atoms with Gasteiger partial charge in [0.15, 0.2) is 0 Å². The molecule has 4 heteroatoms. The van der Waals surface area contributed by atoms with Crippen molar-refractivity contribution in [3.05, 3.63) is 65.2 Å². The SMILES string of the molecule is CCCCc1ccc(OCCCOc2ccc3c(c2)C=CC3CC(=O)O)cc1. The molecule has 2 aromatic rings. The molecule has 0 radical (unpaired) electrons. The standard InChI is InChI=1S/C24H28O4/c1-2-3-5-18-6-10-21(11-7-18)27-14-4-15-28-22-12-13-23-19(16-22)8-9-20(23)17-24(25)26/h6-13,16,20H,2-5,14-15,17H2,1H3,(H,25,26). The average Bonchev–Trinajstić information content (AvgIpc) is 3.08. The summed E-state index contributed by atoms with van der Waals surface area (Å²) in [5, 5.41) is 8.98. The minimum atomic E-state index is -0.779. The molecule has 1 N–H and O–H groups in total. The molecule has 148 valence electrons. The van der Waals surface area contributed by atoms with Crippen LogP contribution in [0.15, 0.2) is 48.5 Å². The summed E-state index contributed by atoms with van der Waals surface area (Å²) in [7, 11) is 0. The minimum absolute atomic E-state index is 0.0386. The highest BCUT2D eigenvalue weighted by molar-refractivity contribution is 5.72. The molecule has 0 heterocycles. The molecule has 0 aromatic heterocycles. The van der Waals surface area contributed by atoms with Gasteiger partial charge in [-0.25, -0.2) is 0 Å². The van der Waals surface area contributed by atoms with Gasteiger partial charge in [-0.05, 0) is 53.8 Å². The number of hydrogen-bond donors (Lipinski definition) is 1. The normalized spacial score (nSPS) is 14.7. The van der Waals surface area contributed by atoms with Crippen LogP contribution in [0, 0.1) is 0 Å². The quantitative estimate of drug-likeness (QED) is 0.526. The molecule has 0 amide bonds. The van der Waals surface area contributed by atoms with Crippen LogP contribution < -0.4 is 9.47 Å². The summed E-state index contributed by atoms with van der Waals surface area (Å²) in [5.74, 6) is 0.883. The molecule has 0 fully saturated rings. The van der Waals surface area contributed by atoms with Crippen LogP contribution in [0.4, 0.5) is 0 Å². The first-order valence-corrected chi connectivity index (χ1v) is 10.0. The fourth-order valence-corrected chi connectivity index (χ4v) is 3.39. The number of carboxylic acids is 1. The third-order valence-corrected chi connectivity index (χ3v) is 4.93. The van der Waals surface area contributed by atoms with Crippen LogP contribution in [0.3, 0.4) is 0 Å². The maximum atomic E-state index is 10.9. The lowest BCUT2D eigenvalue weighted by atomic mass is 9.97. The van der Waals surface area contributed by atoms with Gasteiger partial charge in [0.05, 0.1) is 19.6 Å². The Hall–Kier alpha value is -2.75.